The fourth-order valence-corrected chi connectivity index (χ4v) is 2.21. The molecule has 2 aromatic rings. The average molecular weight is 330 g/mol. The molecule has 0 fully saturated rings. The average Bonchev–Trinajstić information content (AvgIpc) is 2.57. The molecule has 0 aliphatic rings. The smallest absolute Gasteiger partial charge is 0.123 e. The summed E-state index contributed by atoms with van der Waals surface area (Å²) in [5.41, 5.74) is 2.33. The van der Waals surface area contributed by atoms with Crippen molar-refractivity contribution in [3.05, 3.63) is 53.6 Å². The largest absolute Gasteiger partial charge is 0.494 e. The van der Waals surface area contributed by atoms with Crippen LogP contribution in [0, 0.1) is 13.8 Å². The molecular formula is C20H26O4. The van der Waals surface area contributed by atoms with Gasteiger partial charge in [-0.2, -0.15) is 0 Å². The van der Waals surface area contributed by atoms with Gasteiger partial charge >= 0.3 is 0 Å². The second kappa shape index (κ2) is 9.83. The van der Waals surface area contributed by atoms with E-state index in [2.05, 4.69) is 19.1 Å². The van der Waals surface area contributed by atoms with Crippen LogP contribution in [0.3, 0.4) is 0 Å². The van der Waals surface area contributed by atoms with E-state index in [1.165, 1.54) is 5.56 Å². The van der Waals surface area contributed by atoms with E-state index in [1.807, 2.05) is 44.2 Å². The van der Waals surface area contributed by atoms with Crippen LogP contribution < -0.4 is 14.2 Å². The van der Waals surface area contributed by atoms with E-state index in [0.717, 1.165) is 22.8 Å². The van der Waals surface area contributed by atoms with E-state index >= 15 is 0 Å². The molecule has 0 aliphatic carbocycles. The number of hydrogen-bond acceptors (Lipinski definition) is 4. The Morgan fingerprint density at radius 1 is 0.750 bits per heavy atom. The first-order valence-electron chi connectivity index (χ1n) is 8.32. The van der Waals surface area contributed by atoms with E-state index in [4.69, 9.17) is 18.9 Å². The Kier molecular flexibility index (Phi) is 7.43. The molecule has 4 nitrogen and oxygen atoms in total. The molecule has 4 heteroatoms. The van der Waals surface area contributed by atoms with Gasteiger partial charge in [0, 0.05) is 6.07 Å². The van der Waals surface area contributed by atoms with E-state index < -0.39 is 0 Å². The minimum absolute atomic E-state index is 0.499. The highest BCUT2D eigenvalue weighted by atomic mass is 16.5. The van der Waals surface area contributed by atoms with Gasteiger partial charge in [0.25, 0.3) is 0 Å². The van der Waals surface area contributed by atoms with Crippen molar-refractivity contribution >= 4 is 0 Å². The molecule has 0 bridgehead atoms. The van der Waals surface area contributed by atoms with Gasteiger partial charge < -0.3 is 18.9 Å². The van der Waals surface area contributed by atoms with Gasteiger partial charge in [-0.3, -0.25) is 0 Å². The molecule has 0 spiro atoms. The van der Waals surface area contributed by atoms with Crippen LogP contribution in [0.5, 0.6) is 17.2 Å². The second-order valence-corrected chi connectivity index (χ2v) is 5.49. The minimum Gasteiger partial charge on any atom is -0.494 e. The van der Waals surface area contributed by atoms with Crippen LogP contribution in [0.15, 0.2) is 42.5 Å². The van der Waals surface area contributed by atoms with Crippen LogP contribution in [-0.4, -0.2) is 33.0 Å². The first-order valence-corrected chi connectivity index (χ1v) is 8.32. The van der Waals surface area contributed by atoms with Gasteiger partial charge in [-0.05, 0) is 50.1 Å². The molecular weight excluding hydrogens is 304 g/mol. The lowest BCUT2D eigenvalue weighted by Crippen LogP contribution is -2.12. The molecule has 0 N–H and O–H groups in total. The highest BCUT2D eigenvalue weighted by Crippen LogP contribution is 2.20. The lowest BCUT2D eigenvalue weighted by Gasteiger charge is -2.11. The fraction of sp³-hybridized carbons (Fsp3) is 0.400. The van der Waals surface area contributed by atoms with Gasteiger partial charge in [0.05, 0.1) is 19.8 Å². The summed E-state index contributed by atoms with van der Waals surface area (Å²) in [6.45, 7) is 8.79. The Balaban J connectivity index is 1.60. The van der Waals surface area contributed by atoms with Gasteiger partial charge in [-0.25, -0.2) is 0 Å². The maximum atomic E-state index is 5.74. The third-order valence-electron chi connectivity index (χ3n) is 3.44. The summed E-state index contributed by atoms with van der Waals surface area (Å²) in [5.74, 6) is 2.52. The molecule has 0 saturated heterocycles. The number of hydrogen-bond donors (Lipinski definition) is 0. The van der Waals surface area contributed by atoms with Gasteiger partial charge in [0.15, 0.2) is 0 Å². The van der Waals surface area contributed by atoms with Crippen molar-refractivity contribution in [2.24, 2.45) is 0 Å². The van der Waals surface area contributed by atoms with Crippen LogP contribution >= 0.6 is 0 Å². The van der Waals surface area contributed by atoms with Crippen LogP contribution in [0.4, 0.5) is 0 Å². The second-order valence-electron chi connectivity index (χ2n) is 5.49. The van der Waals surface area contributed by atoms with Crippen molar-refractivity contribution in [3.8, 4) is 17.2 Å². The molecule has 0 aromatic heterocycles. The third-order valence-corrected chi connectivity index (χ3v) is 3.44. The summed E-state index contributed by atoms with van der Waals surface area (Å²) in [5, 5.41) is 0. The van der Waals surface area contributed by atoms with Crippen molar-refractivity contribution in [3.63, 3.8) is 0 Å². The zero-order chi connectivity index (χ0) is 17.2. The number of benzene rings is 2. The molecule has 2 aromatic carbocycles. The van der Waals surface area contributed by atoms with Crippen LogP contribution in [0.2, 0.25) is 0 Å². The summed E-state index contributed by atoms with van der Waals surface area (Å²) in [6, 6.07) is 13.8. The Morgan fingerprint density at radius 3 is 2.21 bits per heavy atom. The Hall–Kier alpha value is -2.20. The summed E-state index contributed by atoms with van der Waals surface area (Å²) in [4.78, 5) is 0. The predicted octanol–water partition coefficient (Wildman–Crippen LogP) is 4.18. The van der Waals surface area contributed by atoms with Crippen LogP contribution in [0.25, 0.3) is 0 Å². The molecule has 0 heterocycles. The normalized spacial score (nSPS) is 10.5. The van der Waals surface area contributed by atoms with Crippen molar-refractivity contribution in [1.82, 2.24) is 0 Å². The van der Waals surface area contributed by atoms with Gasteiger partial charge in [0.2, 0.25) is 0 Å². The van der Waals surface area contributed by atoms with Crippen molar-refractivity contribution in [2.45, 2.75) is 20.8 Å². The minimum atomic E-state index is 0.499. The van der Waals surface area contributed by atoms with E-state index in [0.29, 0.717) is 33.0 Å². The van der Waals surface area contributed by atoms with Crippen LogP contribution in [0.1, 0.15) is 18.1 Å². The number of aryl methyl sites for hydroxylation is 2. The Labute approximate surface area is 144 Å². The maximum Gasteiger partial charge on any atom is 0.123 e. The fourth-order valence-electron chi connectivity index (χ4n) is 2.21. The molecule has 0 unspecified atom stereocenters. The quantitative estimate of drug-likeness (QED) is 0.613. The zero-order valence-electron chi connectivity index (χ0n) is 14.7. The molecule has 0 radical (unpaired) electrons. The molecule has 2 rings (SSSR count). The topological polar surface area (TPSA) is 36.9 Å². The lowest BCUT2D eigenvalue weighted by molar-refractivity contribution is 0.0762. The highest BCUT2D eigenvalue weighted by molar-refractivity contribution is 5.36. The Morgan fingerprint density at radius 2 is 1.46 bits per heavy atom. The van der Waals surface area contributed by atoms with E-state index in [1.54, 1.807) is 0 Å². The monoisotopic (exact) mass is 330 g/mol. The Bertz CT molecular complexity index is 625. The predicted molar refractivity (Wildman–Crippen MR) is 95.3 cm³/mol. The standard InChI is InChI=1S/C20H26O4/c1-4-22-18-6-5-7-19(15-18)23-12-10-21-11-13-24-20-14-16(2)8-9-17(20)3/h5-9,14-15H,4,10-13H2,1-3H3. The molecule has 0 saturated carbocycles. The summed E-state index contributed by atoms with van der Waals surface area (Å²) < 4.78 is 22.4. The van der Waals surface area contributed by atoms with Crippen molar-refractivity contribution in [2.75, 3.05) is 33.0 Å². The molecule has 24 heavy (non-hydrogen) atoms. The number of ether oxygens (including phenoxy) is 4. The third kappa shape index (κ3) is 6.13. The van der Waals surface area contributed by atoms with Crippen molar-refractivity contribution in [1.29, 1.82) is 0 Å². The molecule has 0 atom stereocenters. The van der Waals surface area contributed by atoms with E-state index in [9.17, 15) is 0 Å². The summed E-state index contributed by atoms with van der Waals surface area (Å²) in [7, 11) is 0. The summed E-state index contributed by atoms with van der Waals surface area (Å²) >= 11 is 0. The summed E-state index contributed by atoms with van der Waals surface area (Å²) in [6.07, 6.45) is 0. The van der Waals surface area contributed by atoms with Crippen LogP contribution in [-0.2, 0) is 4.74 Å². The lowest BCUT2D eigenvalue weighted by atomic mass is 10.1. The van der Waals surface area contributed by atoms with E-state index in [-0.39, 0.29) is 0 Å². The van der Waals surface area contributed by atoms with Crippen molar-refractivity contribution < 1.29 is 18.9 Å². The van der Waals surface area contributed by atoms with Gasteiger partial charge in [-0.15, -0.1) is 0 Å². The van der Waals surface area contributed by atoms with Gasteiger partial charge in [0.1, 0.15) is 30.5 Å². The van der Waals surface area contributed by atoms with Gasteiger partial charge in [-0.1, -0.05) is 18.2 Å². The first-order chi connectivity index (χ1) is 11.7. The SMILES string of the molecule is CCOc1cccc(OCCOCCOc2cc(C)ccc2C)c1. The molecule has 130 valence electrons. The highest BCUT2D eigenvalue weighted by Gasteiger charge is 2.00. The zero-order valence-corrected chi connectivity index (χ0v) is 14.7. The number of rotatable bonds is 10. The molecule has 0 amide bonds. The first kappa shape index (κ1) is 18.1. The molecule has 0 aliphatic heterocycles. The maximum absolute atomic E-state index is 5.74.